The Morgan fingerprint density at radius 1 is 1.73 bits per heavy atom. The molecule has 0 aromatic carbocycles. The van der Waals surface area contributed by atoms with Crippen LogP contribution in [0.15, 0.2) is 0 Å². The lowest BCUT2D eigenvalue weighted by atomic mass is 10.0. The van der Waals surface area contributed by atoms with Crippen molar-refractivity contribution in [3.8, 4) is 0 Å². The van der Waals surface area contributed by atoms with Gasteiger partial charge in [-0.1, -0.05) is 19.1 Å². The summed E-state index contributed by atoms with van der Waals surface area (Å²) in [5.74, 6) is 0.241. The maximum atomic E-state index is 11.7. The van der Waals surface area contributed by atoms with Gasteiger partial charge in [0.15, 0.2) is 0 Å². The number of thiocarbonyl (C=S) groups is 1. The summed E-state index contributed by atoms with van der Waals surface area (Å²) in [6, 6.07) is -0.0219. The van der Waals surface area contributed by atoms with Crippen LogP contribution in [-0.2, 0) is 9.53 Å². The standard InChI is InChI=1S/C10H18N2O2S/c1-6-3-4-14-9(6)10(13)12-7(2)5-8(11)15/h6-7,9H,3-5H2,1-2H3,(H2,11,15)(H,12,13). The zero-order valence-corrected chi connectivity index (χ0v) is 9.97. The van der Waals surface area contributed by atoms with Crippen molar-refractivity contribution in [3.05, 3.63) is 0 Å². The van der Waals surface area contributed by atoms with Gasteiger partial charge < -0.3 is 15.8 Å². The number of hydrogen-bond donors (Lipinski definition) is 2. The quantitative estimate of drug-likeness (QED) is 0.694. The van der Waals surface area contributed by atoms with E-state index in [0.717, 1.165) is 6.42 Å². The van der Waals surface area contributed by atoms with Crippen LogP contribution in [0, 0.1) is 5.92 Å². The molecule has 1 heterocycles. The van der Waals surface area contributed by atoms with Crippen LogP contribution >= 0.6 is 12.2 Å². The Labute approximate surface area is 95.5 Å². The number of nitrogens with two attached hydrogens (primary N) is 1. The first-order valence-corrected chi connectivity index (χ1v) is 5.61. The lowest BCUT2D eigenvalue weighted by Gasteiger charge is -2.18. The molecule has 1 aliphatic rings. The van der Waals surface area contributed by atoms with Crippen molar-refractivity contribution in [2.75, 3.05) is 6.61 Å². The predicted octanol–water partition coefficient (Wildman–Crippen LogP) is 0.592. The summed E-state index contributed by atoms with van der Waals surface area (Å²) in [4.78, 5) is 12.1. The van der Waals surface area contributed by atoms with Gasteiger partial charge in [-0.15, -0.1) is 0 Å². The second-order valence-electron chi connectivity index (χ2n) is 4.14. The molecule has 86 valence electrons. The molecule has 5 heteroatoms. The predicted molar refractivity (Wildman–Crippen MR) is 62.5 cm³/mol. The first-order chi connectivity index (χ1) is 7.00. The maximum Gasteiger partial charge on any atom is 0.249 e. The minimum absolute atomic E-state index is 0.0219. The van der Waals surface area contributed by atoms with Crippen molar-refractivity contribution in [2.24, 2.45) is 11.7 Å². The minimum atomic E-state index is -0.307. The Kier molecular flexibility index (Phi) is 4.47. The van der Waals surface area contributed by atoms with Gasteiger partial charge in [-0.25, -0.2) is 0 Å². The zero-order valence-electron chi connectivity index (χ0n) is 9.16. The van der Waals surface area contributed by atoms with Crippen LogP contribution in [0.25, 0.3) is 0 Å². The van der Waals surface area contributed by atoms with Gasteiger partial charge in [-0.2, -0.15) is 0 Å². The average molecular weight is 230 g/mol. The number of hydrogen-bond acceptors (Lipinski definition) is 3. The molecule has 0 bridgehead atoms. The second-order valence-corrected chi connectivity index (χ2v) is 4.66. The van der Waals surface area contributed by atoms with Gasteiger partial charge in [-0.3, -0.25) is 4.79 Å². The van der Waals surface area contributed by atoms with E-state index in [4.69, 9.17) is 22.7 Å². The Morgan fingerprint density at radius 2 is 2.40 bits per heavy atom. The lowest BCUT2D eigenvalue weighted by molar-refractivity contribution is -0.132. The number of nitrogens with one attached hydrogen (secondary N) is 1. The van der Waals surface area contributed by atoms with E-state index < -0.39 is 0 Å². The fourth-order valence-corrected chi connectivity index (χ4v) is 1.96. The van der Waals surface area contributed by atoms with Gasteiger partial charge in [-0.05, 0) is 19.3 Å². The zero-order chi connectivity index (χ0) is 11.4. The van der Waals surface area contributed by atoms with E-state index >= 15 is 0 Å². The third-order valence-corrected chi connectivity index (χ3v) is 2.71. The summed E-state index contributed by atoms with van der Waals surface area (Å²) < 4.78 is 5.36. The fraction of sp³-hybridized carbons (Fsp3) is 0.800. The van der Waals surface area contributed by atoms with E-state index in [1.807, 2.05) is 13.8 Å². The summed E-state index contributed by atoms with van der Waals surface area (Å²) in [6.45, 7) is 4.58. The van der Waals surface area contributed by atoms with Gasteiger partial charge >= 0.3 is 0 Å². The van der Waals surface area contributed by atoms with Crippen LogP contribution in [0.5, 0.6) is 0 Å². The highest BCUT2D eigenvalue weighted by molar-refractivity contribution is 7.80. The highest BCUT2D eigenvalue weighted by atomic mass is 32.1. The second kappa shape index (κ2) is 5.42. The van der Waals surface area contributed by atoms with E-state index in [2.05, 4.69) is 5.32 Å². The average Bonchev–Trinajstić information content (AvgIpc) is 2.49. The van der Waals surface area contributed by atoms with Crippen molar-refractivity contribution in [1.29, 1.82) is 0 Å². The molecule has 3 atom stereocenters. The molecule has 0 aliphatic carbocycles. The van der Waals surface area contributed by atoms with Crippen LogP contribution in [-0.4, -0.2) is 29.6 Å². The molecule has 3 N–H and O–H groups in total. The van der Waals surface area contributed by atoms with Gasteiger partial charge in [0.25, 0.3) is 0 Å². The molecule has 1 rings (SSSR count). The van der Waals surface area contributed by atoms with Gasteiger partial charge in [0.05, 0.1) is 4.99 Å². The van der Waals surface area contributed by atoms with Crippen molar-refractivity contribution in [2.45, 2.75) is 38.8 Å². The Balaban J connectivity index is 2.37. The molecule has 15 heavy (non-hydrogen) atoms. The minimum Gasteiger partial charge on any atom is -0.393 e. The molecule has 3 unspecified atom stereocenters. The van der Waals surface area contributed by atoms with E-state index in [9.17, 15) is 4.79 Å². The fourth-order valence-electron chi connectivity index (χ4n) is 1.71. The van der Waals surface area contributed by atoms with Crippen molar-refractivity contribution in [1.82, 2.24) is 5.32 Å². The molecule has 0 saturated carbocycles. The molecule has 1 amide bonds. The van der Waals surface area contributed by atoms with E-state index in [-0.39, 0.29) is 18.1 Å². The Bertz CT molecular complexity index is 258. The Morgan fingerprint density at radius 3 is 2.87 bits per heavy atom. The van der Waals surface area contributed by atoms with E-state index in [1.54, 1.807) is 0 Å². The van der Waals surface area contributed by atoms with Crippen LogP contribution < -0.4 is 11.1 Å². The molecule has 0 aromatic rings. The van der Waals surface area contributed by atoms with Gasteiger partial charge in [0.2, 0.25) is 5.91 Å². The number of carbonyl (C=O) groups excluding carboxylic acids is 1. The third-order valence-electron chi connectivity index (χ3n) is 2.54. The summed E-state index contributed by atoms with van der Waals surface area (Å²) >= 11 is 4.78. The molecule has 0 spiro atoms. The lowest BCUT2D eigenvalue weighted by Crippen LogP contribution is -2.43. The van der Waals surface area contributed by atoms with Gasteiger partial charge in [0, 0.05) is 19.1 Å². The summed E-state index contributed by atoms with van der Waals surface area (Å²) in [5, 5.41) is 2.85. The van der Waals surface area contributed by atoms with Crippen LogP contribution in [0.1, 0.15) is 26.7 Å². The van der Waals surface area contributed by atoms with Crippen LogP contribution in [0.4, 0.5) is 0 Å². The summed E-state index contributed by atoms with van der Waals surface area (Å²) in [6.07, 6.45) is 1.17. The largest absolute Gasteiger partial charge is 0.393 e. The number of amides is 1. The molecule has 1 aliphatic heterocycles. The first kappa shape index (κ1) is 12.4. The monoisotopic (exact) mass is 230 g/mol. The van der Waals surface area contributed by atoms with E-state index in [1.165, 1.54) is 0 Å². The molecule has 4 nitrogen and oxygen atoms in total. The number of rotatable bonds is 4. The molecule has 0 radical (unpaired) electrons. The highest BCUT2D eigenvalue weighted by Crippen LogP contribution is 2.20. The van der Waals surface area contributed by atoms with Crippen molar-refractivity contribution < 1.29 is 9.53 Å². The highest BCUT2D eigenvalue weighted by Gasteiger charge is 2.31. The maximum absolute atomic E-state index is 11.7. The molecular weight excluding hydrogens is 212 g/mol. The SMILES string of the molecule is CC(CC(N)=S)NC(=O)C1OCCC1C. The summed E-state index contributed by atoms with van der Waals surface area (Å²) in [7, 11) is 0. The summed E-state index contributed by atoms with van der Waals surface area (Å²) in [5.41, 5.74) is 5.40. The Hall–Kier alpha value is -0.680. The number of ether oxygens (including phenoxy) is 1. The van der Waals surface area contributed by atoms with E-state index in [0.29, 0.717) is 23.9 Å². The van der Waals surface area contributed by atoms with Gasteiger partial charge in [0.1, 0.15) is 6.10 Å². The van der Waals surface area contributed by atoms with Crippen molar-refractivity contribution in [3.63, 3.8) is 0 Å². The first-order valence-electron chi connectivity index (χ1n) is 5.21. The molecule has 1 fully saturated rings. The van der Waals surface area contributed by atoms with Crippen LogP contribution in [0.3, 0.4) is 0 Å². The third kappa shape index (κ3) is 3.76. The molecular formula is C10H18N2O2S. The topological polar surface area (TPSA) is 64.3 Å². The normalized spacial score (nSPS) is 27.3. The number of carbonyl (C=O) groups is 1. The smallest absolute Gasteiger partial charge is 0.249 e. The molecule has 1 saturated heterocycles. The van der Waals surface area contributed by atoms with Crippen molar-refractivity contribution >= 4 is 23.1 Å². The van der Waals surface area contributed by atoms with Crippen LogP contribution in [0.2, 0.25) is 0 Å². The molecule has 0 aromatic heterocycles.